The zero-order valence-corrected chi connectivity index (χ0v) is 12.6. The van der Waals surface area contributed by atoms with Crippen LogP contribution in [0.5, 0.6) is 5.75 Å². The smallest absolute Gasteiger partial charge is 0.122 e. The molecule has 4 heteroatoms. The number of aliphatic hydroxyl groups excluding tert-OH is 1. The first-order chi connectivity index (χ1) is 8.92. The van der Waals surface area contributed by atoms with E-state index < -0.39 is 6.10 Å². The quantitative estimate of drug-likeness (QED) is 0.823. The van der Waals surface area contributed by atoms with Crippen LogP contribution < -0.4 is 10.5 Å². The molecule has 4 nitrogen and oxygen atoms in total. The van der Waals surface area contributed by atoms with Gasteiger partial charge in [-0.3, -0.25) is 0 Å². The summed E-state index contributed by atoms with van der Waals surface area (Å²) in [5, 5.41) is 10.1. The molecule has 1 rings (SSSR count). The third kappa shape index (κ3) is 3.69. The van der Waals surface area contributed by atoms with Gasteiger partial charge < -0.3 is 20.5 Å². The van der Waals surface area contributed by atoms with Crippen molar-refractivity contribution in [2.75, 3.05) is 27.7 Å². The van der Waals surface area contributed by atoms with Crippen LogP contribution in [0.25, 0.3) is 0 Å². The number of likely N-dealkylation sites (N-methyl/N-ethyl adjacent to an activating group) is 1. The second-order valence-corrected chi connectivity index (χ2v) is 5.37. The molecular formula is C15H26N2O2. The molecule has 0 amide bonds. The molecule has 0 aliphatic carbocycles. The molecule has 108 valence electrons. The Morgan fingerprint density at radius 2 is 1.95 bits per heavy atom. The van der Waals surface area contributed by atoms with Crippen molar-refractivity contribution in [3.05, 3.63) is 29.3 Å². The molecule has 0 fully saturated rings. The molecular weight excluding hydrogens is 240 g/mol. The number of rotatable bonds is 6. The third-order valence-electron chi connectivity index (χ3n) is 3.38. The van der Waals surface area contributed by atoms with Crippen molar-refractivity contribution in [1.29, 1.82) is 0 Å². The van der Waals surface area contributed by atoms with E-state index in [0.717, 1.165) is 16.9 Å². The zero-order chi connectivity index (χ0) is 14.6. The summed E-state index contributed by atoms with van der Waals surface area (Å²) in [6.07, 6.45) is -0.580. The Bertz CT molecular complexity index is 405. The van der Waals surface area contributed by atoms with E-state index in [4.69, 9.17) is 10.5 Å². The molecule has 0 aromatic heterocycles. The number of hydrogen-bond donors (Lipinski definition) is 2. The highest BCUT2D eigenvalue weighted by atomic mass is 16.5. The van der Waals surface area contributed by atoms with Gasteiger partial charge in [0.2, 0.25) is 0 Å². The Kier molecular flexibility index (Phi) is 5.79. The number of methoxy groups -OCH3 is 1. The van der Waals surface area contributed by atoms with E-state index in [1.165, 1.54) is 0 Å². The Morgan fingerprint density at radius 1 is 1.32 bits per heavy atom. The molecule has 2 unspecified atom stereocenters. The standard InChI is InChI=1S/C15H26N2O2/c1-10(2)12-8-11(6-7-14(12)19-5)15(17(3)4)13(18)9-16/h6-8,10,13,15,18H,9,16H2,1-5H3. The van der Waals surface area contributed by atoms with Gasteiger partial charge in [0, 0.05) is 6.54 Å². The van der Waals surface area contributed by atoms with Crippen LogP contribution in [0.3, 0.4) is 0 Å². The van der Waals surface area contributed by atoms with Crippen LogP contribution in [-0.4, -0.2) is 43.9 Å². The van der Waals surface area contributed by atoms with E-state index in [-0.39, 0.29) is 12.6 Å². The molecule has 0 bridgehead atoms. The molecule has 0 heterocycles. The lowest BCUT2D eigenvalue weighted by Crippen LogP contribution is -2.36. The summed E-state index contributed by atoms with van der Waals surface area (Å²) in [5.74, 6) is 1.26. The van der Waals surface area contributed by atoms with E-state index in [1.807, 2.05) is 31.1 Å². The zero-order valence-electron chi connectivity index (χ0n) is 12.6. The Morgan fingerprint density at radius 3 is 2.37 bits per heavy atom. The SMILES string of the molecule is COc1ccc(C(C(O)CN)N(C)C)cc1C(C)C. The van der Waals surface area contributed by atoms with Crippen LogP contribution in [0.4, 0.5) is 0 Å². The Balaban J connectivity index is 3.21. The molecule has 3 N–H and O–H groups in total. The van der Waals surface area contributed by atoms with Gasteiger partial charge in [-0.05, 0) is 37.2 Å². The predicted octanol–water partition coefficient (Wildman–Crippen LogP) is 1.74. The van der Waals surface area contributed by atoms with Gasteiger partial charge in [0.05, 0.1) is 19.3 Å². The minimum Gasteiger partial charge on any atom is -0.496 e. The van der Waals surface area contributed by atoms with Crippen molar-refractivity contribution in [2.24, 2.45) is 5.73 Å². The molecule has 1 aromatic rings. The van der Waals surface area contributed by atoms with Crippen LogP contribution >= 0.6 is 0 Å². The van der Waals surface area contributed by atoms with Crippen molar-refractivity contribution in [3.63, 3.8) is 0 Å². The van der Waals surface area contributed by atoms with Crippen molar-refractivity contribution >= 4 is 0 Å². The van der Waals surface area contributed by atoms with E-state index in [9.17, 15) is 5.11 Å². The first kappa shape index (κ1) is 16.0. The van der Waals surface area contributed by atoms with E-state index in [1.54, 1.807) is 7.11 Å². The largest absolute Gasteiger partial charge is 0.496 e. The van der Waals surface area contributed by atoms with E-state index in [2.05, 4.69) is 19.9 Å². The molecule has 0 saturated carbocycles. The number of nitrogens with two attached hydrogens (primary N) is 1. The lowest BCUT2D eigenvalue weighted by atomic mass is 9.94. The fourth-order valence-corrected chi connectivity index (χ4v) is 2.38. The van der Waals surface area contributed by atoms with Gasteiger partial charge in [0.1, 0.15) is 5.75 Å². The van der Waals surface area contributed by atoms with Gasteiger partial charge >= 0.3 is 0 Å². The van der Waals surface area contributed by atoms with Crippen LogP contribution in [0.1, 0.15) is 36.9 Å². The number of ether oxygens (including phenoxy) is 1. The third-order valence-corrected chi connectivity index (χ3v) is 3.38. The van der Waals surface area contributed by atoms with Crippen molar-refractivity contribution in [2.45, 2.75) is 31.9 Å². The van der Waals surface area contributed by atoms with Gasteiger partial charge in [-0.1, -0.05) is 26.0 Å². The Hall–Kier alpha value is -1.10. The summed E-state index contributed by atoms with van der Waals surface area (Å²) in [4.78, 5) is 1.99. The molecule has 0 aliphatic heterocycles. The number of nitrogens with zero attached hydrogens (tertiary/aromatic N) is 1. The lowest BCUT2D eigenvalue weighted by Gasteiger charge is -2.29. The lowest BCUT2D eigenvalue weighted by molar-refractivity contribution is 0.0822. The average Bonchev–Trinajstić information content (AvgIpc) is 2.38. The van der Waals surface area contributed by atoms with E-state index >= 15 is 0 Å². The van der Waals surface area contributed by atoms with Crippen LogP contribution in [-0.2, 0) is 0 Å². The topological polar surface area (TPSA) is 58.7 Å². The molecule has 0 spiro atoms. The number of aliphatic hydroxyl groups is 1. The first-order valence-corrected chi connectivity index (χ1v) is 6.64. The summed E-state index contributed by atoms with van der Waals surface area (Å²) in [6, 6.07) is 5.96. The number of benzene rings is 1. The van der Waals surface area contributed by atoms with Gasteiger partial charge in [-0.15, -0.1) is 0 Å². The maximum atomic E-state index is 10.1. The van der Waals surface area contributed by atoms with Crippen LogP contribution in [0.2, 0.25) is 0 Å². The summed E-state index contributed by atoms with van der Waals surface area (Å²) in [7, 11) is 5.57. The summed E-state index contributed by atoms with van der Waals surface area (Å²) in [6.45, 7) is 4.50. The Labute approximate surface area is 116 Å². The highest BCUT2D eigenvalue weighted by Gasteiger charge is 2.23. The highest BCUT2D eigenvalue weighted by Crippen LogP contribution is 2.31. The second-order valence-electron chi connectivity index (χ2n) is 5.37. The van der Waals surface area contributed by atoms with Crippen molar-refractivity contribution in [1.82, 2.24) is 4.90 Å². The molecule has 0 saturated heterocycles. The molecule has 19 heavy (non-hydrogen) atoms. The fourth-order valence-electron chi connectivity index (χ4n) is 2.38. The van der Waals surface area contributed by atoms with Gasteiger partial charge in [0.15, 0.2) is 0 Å². The van der Waals surface area contributed by atoms with Crippen molar-refractivity contribution in [3.8, 4) is 5.75 Å². The minimum absolute atomic E-state index is 0.103. The van der Waals surface area contributed by atoms with Crippen LogP contribution in [0, 0.1) is 0 Å². The summed E-state index contributed by atoms with van der Waals surface area (Å²) in [5.41, 5.74) is 7.81. The molecule has 2 atom stereocenters. The predicted molar refractivity (Wildman–Crippen MR) is 78.6 cm³/mol. The summed E-state index contributed by atoms with van der Waals surface area (Å²) >= 11 is 0. The van der Waals surface area contributed by atoms with Crippen molar-refractivity contribution < 1.29 is 9.84 Å². The van der Waals surface area contributed by atoms with Gasteiger partial charge in [0.25, 0.3) is 0 Å². The molecule has 0 aliphatic rings. The van der Waals surface area contributed by atoms with Gasteiger partial charge in [-0.25, -0.2) is 0 Å². The average molecular weight is 266 g/mol. The normalized spacial score (nSPS) is 14.8. The first-order valence-electron chi connectivity index (χ1n) is 6.64. The minimum atomic E-state index is -0.580. The van der Waals surface area contributed by atoms with Crippen LogP contribution in [0.15, 0.2) is 18.2 Å². The monoisotopic (exact) mass is 266 g/mol. The van der Waals surface area contributed by atoms with E-state index in [0.29, 0.717) is 5.92 Å². The molecule has 0 radical (unpaired) electrons. The maximum Gasteiger partial charge on any atom is 0.122 e. The summed E-state index contributed by atoms with van der Waals surface area (Å²) < 4.78 is 5.39. The number of hydrogen-bond acceptors (Lipinski definition) is 4. The highest BCUT2D eigenvalue weighted by molar-refractivity contribution is 5.40. The van der Waals surface area contributed by atoms with Gasteiger partial charge in [-0.2, -0.15) is 0 Å². The fraction of sp³-hybridized carbons (Fsp3) is 0.600. The second kappa shape index (κ2) is 6.89. The maximum absolute atomic E-state index is 10.1. The molecule has 1 aromatic carbocycles.